The average molecular weight is 284 g/mol. The van der Waals surface area contributed by atoms with Crippen LogP contribution in [0.2, 0.25) is 0 Å². The minimum absolute atomic E-state index is 0.223. The van der Waals surface area contributed by atoms with Crippen LogP contribution in [-0.2, 0) is 16.1 Å². The van der Waals surface area contributed by atoms with Crippen molar-refractivity contribution in [3.05, 3.63) is 43.0 Å². The Morgan fingerprint density at radius 3 is 2.90 bits per heavy atom. The van der Waals surface area contributed by atoms with Gasteiger partial charge in [0.25, 0.3) is 5.78 Å². The monoisotopic (exact) mass is 284 g/mol. The van der Waals surface area contributed by atoms with E-state index in [1.165, 1.54) is 7.11 Å². The smallest absolute Gasteiger partial charge is 0.311 e. The zero-order valence-electron chi connectivity index (χ0n) is 11.5. The molecule has 21 heavy (non-hydrogen) atoms. The maximum Gasteiger partial charge on any atom is 0.311 e. The number of esters is 1. The van der Waals surface area contributed by atoms with Crippen molar-refractivity contribution in [3.63, 3.8) is 0 Å². The summed E-state index contributed by atoms with van der Waals surface area (Å²) in [7, 11) is 1.39. The molecule has 0 fully saturated rings. The standard InChI is InChI=1S/C14H14N5O2/c1-21-12(20)5-10-18-8-3-11(4-9-18)13-16-14-15-6-2-7-19(14)17-13/h2-4,6-9H,5,10H2,1H3/q+1. The first kappa shape index (κ1) is 13.2. The molecule has 0 spiro atoms. The van der Waals surface area contributed by atoms with Crippen molar-refractivity contribution in [2.75, 3.05) is 7.11 Å². The lowest BCUT2D eigenvalue weighted by Gasteiger charge is -1.97. The van der Waals surface area contributed by atoms with E-state index in [1.54, 1.807) is 23.0 Å². The second-order valence-corrected chi connectivity index (χ2v) is 4.45. The molecule has 0 aliphatic carbocycles. The Hall–Kier alpha value is -2.83. The summed E-state index contributed by atoms with van der Waals surface area (Å²) in [5.74, 6) is 0.961. The van der Waals surface area contributed by atoms with Gasteiger partial charge >= 0.3 is 5.97 Å². The maximum absolute atomic E-state index is 11.1. The number of carbonyl (C=O) groups excluding carboxylic acids is 1. The van der Waals surface area contributed by atoms with Gasteiger partial charge in [-0.05, 0) is 6.07 Å². The van der Waals surface area contributed by atoms with Crippen LogP contribution < -0.4 is 4.57 Å². The summed E-state index contributed by atoms with van der Waals surface area (Å²) in [5, 5.41) is 4.36. The first-order valence-corrected chi connectivity index (χ1v) is 6.50. The van der Waals surface area contributed by atoms with E-state index in [4.69, 9.17) is 0 Å². The van der Waals surface area contributed by atoms with E-state index < -0.39 is 0 Å². The molecule has 0 N–H and O–H groups in total. The first-order valence-electron chi connectivity index (χ1n) is 6.50. The largest absolute Gasteiger partial charge is 0.469 e. The average Bonchev–Trinajstić information content (AvgIpc) is 2.97. The van der Waals surface area contributed by atoms with Gasteiger partial charge in [0.15, 0.2) is 24.8 Å². The second kappa shape index (κ2) is 5.66. The zero-order valence-corrected chi connectivity index (χ0v) is 11.5. The molecular weight excluding hydrogens is 270 g/mol. The normalized spacial score (nSPS) is 10.7. The van der Waals surface area contributed by atoms with Gasteiger partial charge in [0.1, 0.15) is 6.42 Å². The number of ether oxygens (including phenoxy) is 1. The van der Waals surface area contributed by atoms with Crippen LogP contribution in [0, 0.1) is 0 Å². The van der Waals surface area contributed by atoms with Gasteiger partial charge in [-0.3, -0.25) is 4.79 Å². The number of pyridine rings is 1. The van der Waals surface area contributed by atoms with Crippen molar-refractivity contribution in [3.8, 4) is 11.4 Å². The van der Waals surface area contributed by atoms with Gasteiger partial charge in [-0.15, -0.1) is 5.10 Å². The van der Waals surface area contributed by atoms with Crippen LogP contribution in [-0.4, -0.2) is 32.7 Å². The number of hydrogen-bond donors (Lipinski definition) is 0. The number of hydrogen-bond acceptors (Lipinski definition) is 5. The zero-order chi connectivity index (χ0) is 14.7. The minimum atomic E-state index is -0.223. The summed E-state index contributed by atoms with van der Waals surface area (Å²) >= 11 is 0. The topological polar surface area (TPSA) is 73.3 Å². The molecule has 0 saturated carbocycles. The third-order valence-electron chi connectivity index (χ3n) is 3.07. The summed E-state index contributed by atoms with van der Waals surface area (Å²) in [5.41, 5.74) is 0.898. The summed E-state index contributed by atoms with van der Waals surface area (Å²) in [6.45, 7) is 0.576. The van der Waals surface area contributed by atoms with Crippen molar-refractivity contribution < 1.29 is 14.1 Å². The predicted octanol–water partition coefficient (Wildman–Crippen LogP) is 0.642. The lowest BCUT2D eigenvalue weighted by atomic mass is 10.2. The van der Waals surface area contributed by atoms with E-state index in [-0.39, 0.29) is 5.97 Å². The molecule has 3 heterocycles. The van der Waals surface area contributed by atoms with E-state index in [0.29, 0.717) is 24.6 Å². The summed E-state index contributed by atoms with van der Waals surface area (Å²) in [4.78, 5) is 19.6. The molecular formula is C14H14N5O2+. The van der Waals surface area contributed by atoms with Crippen LogP contribution in [0.15, 0.2) is 43.0 Å². The molecule has 0 aliphatic rings. The molecule has 0 aromatic carbocycles. The number of rotatable bonds is 4. The lowest BCUT2D eigenvalue weighted by Crippen LogP contribution is -2.33. The highest BCUT2D eigenvalue weighted by Gasteiger charge is 2.10. The number of aryl methyl sites for hydroxylation is 1. The Labute approximate surface area is 120 Å². The minimum Gasteiger partial charge on any atom is -0.469 e. The van der Waals surface area contributed by atoms with Crippen LogP contribution in [0.25, 0.3) is 17.2 Å². The molecule has 0 amide bonds. The maximum atomic E-state index is 11.1. The summed E-state index contributed by atoms with van der Waals surface area (Å²) in [6.07, 6.45) is 7.60. The van der Waals surface area contributed by atoms with Crippen molar-refractivity contribution in [2.45, 2.75) is 13.0 Å². The van der Waals surface area contributed by atoms with Crippen LogP contribution in [0.5, 0.6) is 0 Å². The van der Waals surface area contributed by atoms with Gasteiger partial charge in [0, 0.05) is 30.1 Å². The molecule has 3 aromatic heterocycles. The van der Waals surface area contributed by atoms with Crippen molar-refractivity contribution in [1.82, 2.24) is 19.6 Å². The fraction of sp³-hybridized carbons (Fsp3) is 0.214. The molecule has 3 rings (SSSR count). The van der Waals surface area contributed by atoms with Gasteiger partial charge < -0.3 is 4.74 Å². The molecule has 0 bridgehead atoms. The highest BCUT2D eigenvalue weighted by molar-refractivity contribution is 5.68. The van der Waals surface area contributed by atoms with Gasteiger partial charge in [-0.25, -0.2) is 14.1 Å². The molecule has 3 aromatic rings. The van der Waals surface area contributed by atoms with Crippen LogP contribution in [0.4, 0.5) is 0 Å². The number of carbonyl (C=O) groups is 1. The summed E-state index contributed by atoms with van der Waals surface area (Å²) < 4.78 is 8.16. The third-order valence-corrected chi connectivity index (χ3v) is 3.07. The van der Waals surface area contributed by atoms with Crippen LogP contribution >= 0.6 is 0 Å². The molecule has 0 atom stereocenters. The van der Waals surface area contributed by atoms with E-state index >= 15 is 0 Å². The fourth-order valence-electron chi connectivity index (χ4n) is 1.93. The Kier molecular flexibility index (Phi) is 3.55. The number of methoxy groups -OCH3 is 1. The molecule has 0 aliphatic heterocycles. The Bertz CT molecular complexity index is 733. The number of nitrogens with zero attached hydrogens (tertiary/aromatic N) is 5. The molecule has 0 unspecified atom stereocenters. The van der Waals surface area contributed by atoms with Crippen molar-refractivity contribution >= 4 is 11.7 Å². The number of aromatic nitrogens is 5. The molecule has 7 nitrogen and oxygen atoms in total. The fourth-order valence-corrected chi connectivity index (χ4v) is 1.93. The molecule has 0 radical (unpaired) electrons. The van der Waals surface area contributed by atoms with Gasteiger partial charge in [0.05, 0.1) is 7.11 Å². The Morgan fingerprint density at radius 2 is 2.19 bits per heavy atom. The highest BCUT2D eigenvalue weighted by Crippen LogP contribution is 2.13. The van der Waals surface area contributed by atoms with Crippen molar-refractivity contribution in [1.29, 1.82) is 0 Å². The highest BCUT2D eigenvalue weighted by atomic mass is 16.5. The van der Waals surface area contributed by atoms with E-state index in [9.17, 15) is 4.79 Å². The van der Waals surface area contributed by atoms with Gasteiger partial charge in [-0.2, -0.15) is 4.98 Å². The SMILES string of the molecule is COC(=O)CC[n+]1ccc(-c2nc3ncccn3n2)cc1. The molecule has 0 saturated heterocycles. The van der Waals surface area contributed by atoms with Crippen LogP contribution in [0.3, 0.4) is 0 Å². The van der Waals surface area contributed by atoms with E-state index in [2.05, 4.69) is 19.8 Å². The van der Waals surface area contributed by atoms with Gasteiger partial charge in [-0.1, -0.05) is 0 Å². The Balaban J connectivity index is 1.78. The third kappa shape index (κ3) is 2.86. The number of fused-ring (bicyclic) bond motifs is 1. The lowest BCUT2D eigenvalue weighted by molar-refractivity contribution is -0.695. The quantitative estimate of drug-likeness (QED) is 0.519. The molecule has 106 valence electrons. The molecule has 7 heteroatoms. The van der Waals surface area contributed by atoms with Crippen molar-refractivity contribution in [2.24, 2.45) is 0 Å². The Morgan fingerprint density at radius 1 is 1.38 bits per heavy atom. The summed E-state index contributed by atoms with van der Waals surface area (Å²) in [6, 6.07) is 5.62. The van der Waals surface area contributed by atoms with Crippen LogP contribution in [0.1, 0.15) is 6.42 Å². The van der Waals surface area contributed by atoms with Gasteiger partial charge in [0.2, 0.25) is 0 Å². The first-order chi connectivity index (χ1) is 10.3. The predicted molar refractivity (Wildman–Crippen MR) is 73.0 cm³/mol. The second-order valence-electron chi connectivity index (χ2n) is 4.45. The van der Waals surface area contributed by atoms with E-state index in [0.717, 1.165) is 5.56 Å². The van der Waals surface area contributed by atoms with E-state index in [1.807, 2.05) is 29.1 Å².